The molecule has 3 heteroatoms. The number of aliphatic hydroxyl groups excluding tert-OH is 1. The van der Waals surface area contributed by atoms with Gasteiger partial charge in [-0.3, -0.25) is 4.90 Å². The number of rotatable bonds is 5. The lowest BCUT2D eigenvalue weighted by molar-refractivity contribution is 0.0755. The molecule has 0 radical (unpaired) electrons. The van der Waals surface area contributed by atoms with E-state index in [9.17, 15) is 5.11 Å². The zero-order valence-electron chi connectivity index (χ0n) is 11.1. The Balaban J connectivity index is 1.68. The van der Waals surface area contributed by atoms with Crippen molar-refractivity contribution in [1.29, 1.82) is 0 Å². The van der Waals surface area contributed by atoms with Crippen LogP contribution in [0.4, 0.5) is 0 Å². The van der Waals surface area contributed by atoms with Gasteiger partial charge in [-0.15, -0.1) is 0 Å². The highest BCUT2D eigenvalue weighted by Crippen LogP contribution is 2.13. The molecule has 0 atom stereocenters. The molecule has 3 nitrogen and oxygen atoms in total. The highest BCUT2D eigenvalue weighted by atomic mass is 16.5. The summed E-state index contributed by atoms with van der Waals surface area (Å²) < 4.78 is 5.73. The maximum absolute atomic E-state index is 9.42. The SMILES string of the molecule is CCc1ccc(OCCN2CCC(O)CC2)cc1. The number of benzene rings is 1. The second-order valence-corrected chi connectivity index (χ2v) is 4.92. The first-order valence-corrected chi connectivity index (χ1v) is 6.90. The molecule has 0 bridgehead atoms. The van der Waals surface area contributed by atoms with Gasteiger partial charge in [-0.1, -0.05) is 19.1 Å². The molecular weight excluding hydrogens is 226 g/mol. The number of nitrogens with zero attached hydrogens (tertiary/aromatic N) is 1. The van der Waals surface area contributed by atoms with Gasteiger partial charge in [0.15, 0.2) is 0 Å². The van der Waals surface area contributed by atoms with E-state index < -0.39 is 0 Å². The summed E-state index contributed by atoms with van der Waals surface area (Å²) >= 11 is 0. The number of ether oxygens (including phenoxy) is 1. The van der Waals surface area contributed by atoms with Crippen LogP contribution in [0.25, 0.3) is 0 Å². The third-order valence-corrected chi connectivity index (χ3v) is 3.56. The fourth-order valence-electron chi connectivity index (χ4n) is 2.26. The summed E-state index contributed by atoms with van der Waals surface area (Å²) in [6.45, 7) is 5.79. The number of piperidine rings is 1. The number of aliphatic hydroxyl groups is 1. The molecule has 18 heavy (non-hydrogen) atoms. The van der Waals surface area contributed by atoms with Gasteiger partial charge in [0.1, 0.15) is 12.4 Å². The predicted octanol–water partition coefficient (Wildman–Crippen LogP) is 2.08. The minimum absolute atomic E-state index is 0.0937. The molecule has 0 spiro atoms. The zero-order chi connectivity index (χ0) is 12.8. The molecular formula is C15H23NO2. The van der Waals surface area contributed by atoms with Crippen LogP contribution >= 0.6 is 0 Å². The largest absolute Gasteiger partial charge is 0.492 e. The summed E-state index contributed by atoms with van der Waals surface area (Å²) in [5.41, 5.74) is 1.34. The van der Waals surface area contributed by atoms with Crippen LogP contribution in [0.15, 0.2) is 24.3 Å². The Bertz CT molecular complexity index is 342. The lowest BCUT2D eigenvalue weighted by atomic mass is 10.1. The Morgan fingerprint density at radius 2 is 1.89 bits per heavy atom. The van der Waals surface area contributed by atoms with Crippen molar-refractivity contribution in [2.75, 3.05) is 26.2 Å². The zero-order valence-corrected chi connectivity index (χ0v) is 11.1. The van der Waals surface area contributed by atoms with E-state index in [0.717, 1.165) is 51.3 Å². The summed E-state index contributed by atoms with van der Waals surface area (Å²) in [5, 5.41) is 9.42. The first-order valence-electron chi connectivity index (χ1n) is 6.90. The van der Waals surface area contributed by atoms with Gasteiger partial charge in [0, 0.05) is 19.6 Å². The first-order chi connectivity index (χ1) is 8.78. The van der Waals surface area contributed by atoms with Crippen LogP contribution in [-0.4, -0.2) is 42.4 Å². The van der Waals surface area contributed by atoms with Gasteiger partial charge in [-0.2, -0.15) is 0 Å². The van der Waals surface area contributed by atoms with E-state index in [2.05, 4.69) is 24.0 Å². The Kier molecular flexibility index (Phi) is 5.02. The lowest BCUT2D eigenvalue weighted by Crippen LogP contribution is -2.38. The predicted molar refractivity (Wildman–Crippen MR) is 73.0 cm³/mol. The molecule has 1 aromatic rings. The van der Waals surface area contributed by atoms with Crippen LogP contribution in [0.5, 0.6) is 5.75 Å². The lowest BCUT2D eigenvalue weighted by Gasteiger charge is -2.29. The molecule has 0 saturated carbocycles. The standard InChI is InChI=1S/C15H23NO2/c1-2-13-3-5-15(6-4-13)18-12-11-16-9-7-14(17)8-10-16/h3-6,14,17H,2,7-12H2,1H3. The molecule has 0 unspecified atom stereocenters. The van der Waals surface area contributed by atoms with Gasteiger partial charge in [0.05, 0.1) is 6.10 Å². The van der Waals surface area contributed by atoms with Crippen LogP contribution in [0, 0.1) is 0 Å². The van der Waals surface area contributed by atoms with E-state index in [1.165, 1.54) is 5.56 Å². The molecule has 1 aliphatic heterocycles. The summed E-state index contributed by atoms with van der Waals surface area (Å²) in [7, 11) is 0. The van der Waals surface area contributed by atoms with E-state index in [0.29, 0.717) is 0 Å². The van der Waals surface area contributed by atoms with Crippen LogP contribution in [0.2, 0.25) is 0 Å². The minimum atomic E-state index is -0.0937. The van der Waals surface area contributed by atoms with Crippen LogP contribution < -0.4 is 4.74 Å². The quantitative estimate of drug-likeness (QED) is 0.867. The molecule has 1 saturated heterocycles. The Hall–Kier alpha value is -1.06. The Morgan fingerprint density at radius 3 is 2.50 bits per heavy atom. The third kappa shape index (κ3) is 4.00. The van der Waals surface area contributed by atoms with Gasteiger partial charge < -0.3 is 9.84 Å². The molecule has 100 valence electrons. The second kappa shape index (κ2) is 6.76. The molecule has 0 amide bonds. The Morgan fingerprint density at radius 1 is 1.22 bits per heavy atom. The van der Waals surface area contributed by atoms with Gasteiger partial charge in [0.2, 0.25) is 0 Å². The maximum Gasteiger partial charge on any atom is 0.119 e. The molecule has 0 aliphatic carbocycles. The summed E-state index contributed by atoms with van der Waals surface area (Å²) in [5.74, 6) is 0.948. The van der Waals surface area contributed by atoms with Crippen molar-refractivity contribution in [2.24, 2.45) is 0 Å². The maximum atomic E-state index is 9.42. The summed E-state index contributed by atoms with van der Waals surface area (Å²) in [6, 6.07) is 8.32. The van der Waals surface area contributed by atoms with Crippen molar-refractivity contribution in [3.63, 3.8) is 0 Å². The van der Waals surface area contributed by atoms with E-state index in [1.807, 2.05) is 12.1 Å². The van der Waals surface area contributed by atoms with Crippen LogP contribution in [-0.2, 0) is 6.42 Å². The van der Waals surface area contributed by atoms with Gasteiger partial charge >= 0.3 is 0 Å². The molecule has 1 N–H and O–H groups in total. The van der Waals surface area contributed by atoms with E-state index in [4.69, 9.17) is 4.74 Å². The molecule has 1 aromatic carbocycles. The summed E-state index contributed by atoms with van der Waals surface area (Å²) in [6.07, 6.45) is 2.76. The minimum Gasteiger partial charge on any atom is -0.492 e. The Labute approximate surface area is 109 Å². The molecule has 1 aliphatic rings. The van der Waals surface area contributed by atoms with Crippen LogP contribution in [0.3, 0.4) is 0 Å². The van der Waals surface area contributed by atoms with Crippen molar-refractivity contribution in [2.45, 2.75) is 32.3 Å². The van der Waals surface area contributed by atoms with Crippen molar-refractivity contribution in [3.8, 4) is 5.75 Å². The average molecular weight is 249 g/mol. The van der Waals surface area contributed by atoms with Gasteiger partial charge in [-0.25, -0.2) is 0 Å². The summed E-state index contributed by atoms with van der Waals surface area (Å²) in [4.78, 5) is 2.35. The van der Waals surface area contributed by atoms with Crippen molar-refractivity contribution in [3.05, 3.63) is 29.8 Å². The molecule has 1 heterocycles. The highest BCUT2D eigenvalue weighted by Gasteiger charge is 2.16. The fourth-order valence-corrected chi connectivity index (χ4v) is 2.26. The molecule has 2 rings (SSSR count). The van der Waals surface area contributed by atoms with Crippen molar-refractivity contribution >= 4 is 0 Å². The topological polar surface area (TPSA) is 32.7 Å². The average Bonchev–Trinajstić information content (AvgIpc) is 2.42. The third-order valence-electron chi connectivity index (χ3n) is 3.56. The van der Waals surface area contributed by atoms with Crippen molar-refractivity contribution < 1.29 is 9.84 Å². The van der Waals surface area contributed by atoms with E-state index in [1.54, 1.807) is 0 Å². The van der Waals surface area contributed by atoms with Gasteiger partial charge in [-0.05, 0) is 37.0 Å². The monoisotopic (exact) mass is 249 g/mol. The van der Waals surface area contributed by atoms with Crippen molar-refractivity contribution in [1.82, 2.24) is 4.90 Å². The number of aryl methyl sites for hydroxylation is 1. The number of likely N-dealkylation sites (tertiary alicyclic amines) is 1. The number of hydrogen-bond donors (Lipinski definition) is 1. The van der Waals surface area contributed by atoms with Gasteiger partial charge in [0.25, 0.3) is 0 Å². The molecule has 1 fully saturated rings. The van der Waals surface area contributed by atoms with Crippen LogP contribution in [0.1, 0.15) is 25.3 Å². The second-order valence-electron chi connectivity index (χ2n) is 4.92. The fraction of sp³-hybridized carbons (Fsp3) is 0.600. The first kappa shape index (κ1) is 13.4. The highest BCUT2D eigenvalue weighted by molar-refractivity contribution is 5.27. The smallest absolute Gasteiger partial charge is 0.119 e. The van der Waals surface area contributed by atoms with E-state index in [-0.39, 0.29) is 6.10 Å². The normalized spacial score (nSPS) is 17.9. The number of hydrogen-bond acceptors (Lipinski definition) is 3. The van der Waals surface area contributed by atoms with E-state index >= 15 is 0 Å². The molecule has 0 aromatic heterocycles.